The molecular weight excluding hydrogens is 702 g/mol. The highest BCUT2D eigenvalue weighted by Gasteiger charge is 2.37. The van der Waals surface area contributed by atoms with E-state index in [-0.39, 0.29) is 17.7 Å². The summed E-state index contributed by atoms with van der Waals surface area (Å²) in [5, 5.41) is 11.3. The molecule has 4 rings (SSSR count). The van der Waals surface area contributed by atoms with Crippen molar-refractivity contribution in [1.29, 1.82) is 0 Å². The number of aryl methyl sites for hydroxylation is 1. The number of hydrogen-bond acceptors (Lipinski definition) is 5. The summed E-state index contributed by atoms with van der Waals surface area (Å²) in [4.78, 5) is 50.5. The lowest BCUT2D eigenvalue weighted by molar-refractivity contribution is -0.122. The van der Waals surface area contributed by atoms with E-state index in [1.807, 2.05) is 19.9 Å². The molecule has 188 valence electrons. The molecule has 3 aromatic rings. The Morgan fingerprint density at radius 3 is 2.30 bits per heavy atom. The number of anilines is 1. The van der Waals surface area contributed by atoms with Gasteiger partial charge in [0.15, 0.2) is 0 Å². The molecule has 4 amide bonds. The van der Waals surface area contributed by atoms with E-state index < -0.39 is 23.8 Å². The molecule has 0 saturated carbocycles. The first kappa shape index (κ1) is 26.8. The van der Waals surface area contributed by atoms with Gasteiger partial charge in [0.25, 0.3) is 11.8 Å². The number of rotatable bonds is 6. The van der Waals surface area contributed by atoms with Gasteiger partial charge in [0, 0.05) is 0 Å². The summed E-state index contributed by atoms with van der Waals surface area (Å²) in [5.74, 6) is -1.82. The van der Waals surface area contributed by atoms with Crippen LogP contribution in [0.3, 0.4) is 0 Å². The second-order valence-electron chi connectivity index (χ2n) is 8.28. The third-order valence-electron chi connectivity index (χ3n) is 5.83. The van der Waals surface area contributed by atoms with Gasteiger partial charge in [-0.3, -0.25) is 14.9 Å². The topological polar surface area (TPSA) is 113 Å². The molecule has 1 aliphatic heterocycles. The minimum atomic E-state index is -0.993. The van der Waals surface area contributed by atoms with Crippen molar-refractivity contribution < 1.29 is 29.0 Å². The minimum absolute atomic E-state index is 0.153. The van der Waals surface area contributed by atoms with Gasteiger partial charge in [-0.15, -0.1) is 0 Å². The SMILES string of the molecule is Cc1cccc(N2C(=O)NC(=O)/C(=C\c3cc(I)c(OCc4ccc(C(=O)O)cc4)c(I)c3)C2=O)c1C. The molecule has 37 heavy (non-hydrogen) atoms. The first-order valence-corrected chi connectivity index (χ1v) is 13.1. The maximum absolute atomic E-state index is 13.3. The van der Waals surface area contributed by atoms with Crippen LogP contribution in [0, 0.1) is 21.0 Å². The fraction of sp³-hybridized carbons (Fsp3) is 0.111. The van der Waals surface area contributed by atoms with Crippen LogP contribution in [0.1, 0.15) is 32.6 Å². The summed E-state index contributed by atoms with van der Waals surface area (Å²) in [6.45, 7) is 3.93. The summed E-state index contributed by atoms with van der Waals surface area (Å²) < 4.78 is 7.48. The number of ether oxygens (including phenoxy) is 1. The summed E-state index contributed by atoms with van der Waals surface area (Å²) in [7, 11) is 0. The van der Waals surface area contributed by atoms with E-state index in [0.717, 1.165) is 28.7 Å². The van der Waals surface area contributed by atoms with E-state index in [1.165, 1.54) is 18.2 Å². The number of imide groups is 2. The molecule has 0 spiro atoms. The molecule has 1 aliphatic rings. The van der Waals surface area contributed by atoms with E-state index >= 15 is 0 Å². The average molecular weight is 722 g/mol. The average Bonchev–Trinajstić information content (AvgIpc) is 2.84. The smallest absolute Gasteiger partial charge is 0.335 e. The zero-order valence-corrected chi connectivity index (χ0v) is 24.0. The Labute approximate surface area is 240 Å². The lowest BCUT2D eigenvalue weighted by Gasteiger charge is -2.28. The summed E-state index contributed by atoms with van der Waals surface area (Å²) in [6.07, 6.45) is 1.46. The van der Waals surface area contributed by atoms with Crippen LogP contribution in [0.4, 0.5) is 10.5 Å². The van der Waals surface area contributed by atoms with Gasteiger partial charge in [-0.25, -0.2) is 14.5 Å². The zero-order valence-electron chi connectivity index (χ0n) is 19.7. The molecule has 8 nitrogen and oxygen atoms in total. The van der Waals surface area contributed by atoms with Gasteiger partial charge in [-0.05, 0) is 118 Å². The van der Waals surface area contributed by atoms with Crippen LogP contribution in [-0.2, 0) is 16.2 Å². The molecule has 10 heteroatoms. The number of urea groups is 1. The van der Waals surface area contributed by atoms with Gasteiger partial charge in [0.2, 0.25) is 0 Å². The molecule has 2 N–H and O–H groups in total. The molecule has 1 fully saturated rings. The largest absolute Gasteiger partial charge is 0.487 e. The number of amides is 4. The lowest BCUT2D eigenvalue weighted by Crippen LogP contribution is -2.54. The normalized spacial score (nSPS) is 14.6. The van der Waals surface area contributed by atoms with E-state index in [1.54, 1.807) is 36.4 Å². The predicted octanol–water partition coefficient (Wildman–Crippen LogP) is 5.46. The van der Waals surface area contributed by atoms with Gasteiger partial charge in [-0.1, -0.05) is 24.3 Å². The number of halogens is 2. The number of carbonyl (C=O) groups excluding carboxylic acids is 3. The number of carbonyl (C=O) groups is 4. The Morgan fingerprint density at radius 2 is 1.68 bits per heavy atom. The Bertz CT molecular complexity index is 1460. The van der Waals surface area contributed by atoms with Crippen molar-refractivity contribution in [3.8, 4) is 5.75 Å². The Kier molecular flexibility index (Phi) is 7.97. The number of benzene rings is 3. The van der Waals surface area contributed by atoms with Crippen LogP contribution in [0.15, 0.2) is 60.2 Å². The van der Waals surface area contributed by atoms with Gasteiger partial charge < -0.3 is 9.84 Å². The number of barbiturate groups is 1. The van der Waals surface area contributed by atoms with Crippen LogP contribution < -0.4 is 15.0 Å². The molecule has 0 radical (unpaired) electrons. The first-order valence-electron chi connectivity index (χ1n) is 11.0. The molecular formula is C27H20I2N2O6. The second-order valence-corrected chi connectivity index (χ2v) is 10.6. The zero-order chi connectivity index (χ0) is 26.9. The van der Waals surface area contributed by atoms with E-state index in [0.29, 0.717) is 17.0 Å². The Hall–Kier alpha value is -3.26. The van der Waals surface area contributed by atoms with E-state index in [4.69, 9.17) is 9.84 Å². The third-order valence-corrected chi connectivity index (χ3v) is 7.44. The highest BCUT2D eigenvalue weighted by Crippen LogP contribution is 2.32. The van der Waals surface area contributed by atoms with Gasteiger partial charge in [0.1, 0.15) is 17.9 Å². The Morgan fingerprint density at radius 1 is 1.03 bits per heavy atom. The Balaban J connectivity index is 1.59. The fourth-order valence-electron chi connectivity index (χ4n) is 3.72. The summed E-state index contributed by atoms with van der Waals surface area (Å²) >= 11 is 4.22. The number of carboxylic acids is 1. The number of nitrogens with zero attached hydrogens (tertiary/aromatic N) is 1. The summed E-state index contributed by atoms with van der Waals surface area (Å²) in [6, 6.07) is 14.5. The van der Waals surface area contributed by atoms with Crippen molar-refractivity contribution in [2.75, 3.05) is 4.90 Å². The van der Waals surface area contributed by atoms with Crippen molar-refractivity contribution >= 4 is 80.8 Å². The predicted molar refractivity (Wildman–Crippen MR) is 155 cm³/mol. The standard InChI is InChI=1S/C27H20I2N2O6/c1-14-4-3-5-22(15(14)2)31-25(33)19(24(32)30-27(31)36)10-17-11-20(28)23(21(29)12-17)37-13-16-6-8-18(9-7-16)26(34)35/h3-12H,13H2,1-2H3,(H,34,35)(H,30,32,36)/b19-10+. The number of hydrogen-bond donors (Lipinski definition) is 2. The molecule has 1 heterocycles. The van der Waals surface area contributed by atoms with Crippen LogP contribution in [0.5, 0.6) is 5.75 Å². The van der Waals surface area contributed by atoms with E-state index in [2.05, 4.69) is 50.5 Å². The molecule has 0 aliphatic carbocycles. The highest BCUT2D eigenvalue weighted by molar-refractivity contribution is 14.1. The van der Waals surface area contributed by atoms with Crippen LogP contribution >= 0.6 is 45.2 Å². The lowest BCUT2D eigenvalue weighted by atomic mass is 10.0. The monoisotopic (exact) mass is 722 g/mol. The minimum Gasteiger partial charge on any atom is -0.487 e. The molecule has 0 atom stereocenters. The van der Waals surface area contributed by atoms with Crippen molar-refractivity contribution in [2.45, 2.75) is 20.5 Å². The van der Waals surface area contributed by atoms with Gasteiger partial charge >= 0.3 is 12.0 Å². The second kappa shape index (κ2) is 11.0. The van der Waals surface area contributed by atoms with Crippen molar-refractivity contribution in [2.24, 2.45) is 0 Å². The quantitative estimate of drug-likeness (QED) is 0.199. The van der Waals surface area contributed by atoms with Gasteiger partial charge in [-0.2, -0.15) is 0 Å². The van der Waals surface area contributed by atoms with E-state index in [9.17, 15) is 19.2 Å². The van der Waals surface area contributed by atoms with Crippen LogP contribution in [0.2, 0.25) is 0 Å². The molecule has 0 aromatic heterocycles. The first-order chi connectivity index (χ1) is 17.6. The number of carboxylic acid groups (broad SMARTS) is 1. The number of aromatic carboxylic acids is 1. The fourth-order valence-corrected chi connectivity index (χ4v) is 5.85. The van der Waals surface area contributed by atoms with Gasteiger partial charge in [0.05, 0.1) is 18.4 Å². The molecule has 1 saturated heterocycles. The third kappa shape index (κ3) is 5.69. The van der Waals surface area contributed by atoms with Crippen molar-refractivity contribution in [3.05, 3.63) is 95.1 Å². The highest BCUT2D eigenvalue weighted by atomic mass is 127. The maximum atomic E-state index is 13.3. The van der Waals surface area contributed by atoms with Crippen molar-refractivity contribution in [1.82, 2.24) is 5.32 Å². The summed E-state index contributed by atoms with van der Waals surface area (Å²) in [5.41, 5.74) is 3.55. The molecule has 3 aromatic carbocycles. The van der Waals surface area contributed by atoms with Crippen LogP contribution in [0.25, 0.3) is 6.08 Å². The molecule has 0 bridgehead atoms. The van der Waals surface area contributed by atoms with Crippen molar-refractivity contribution in [3.63, 3.8) is 0 Å². The molecule has 0 unspecified atom stereocenters. The van der Waals surface area contributed by atoms with Crippen LogP contribution in [-0.4, -0.2) is 28.9 Å². The maximum Gasteiger partial charge on any atom is 0.335 e. The number of nitrogens with one attached hydrogen (secondary N) is 1.